The van der Waals surface area contributed by atoms with Crippen molar-refractivity contribution in [2.45, 2.75) is 19.1 Å². The van der Waals surface area contributed by atoms with Crippen LogP contribution < -0.4 is 10.5 Å². The first-order chi connectivity index (χ1) is 8.65. The summed E-state index contributed by atoms with van der Waals surface area (Å²) in [5.74, 6) is 0.863. The predicted molar refractivity (Wildman–Crippen MR) is 71.8 cm³/mol. The van der Waals surface area contributed by atoms with E-state index in [2.05, 4.69) is 11.9 Å². The molecule has 1 saturated heterocycles. The molecule has 2 unspecified atom stereocenters. The van der Waals surface area contributed by atoms with Gasteiger partial charge in [0.05, 0.1) is 6.61 Å². The first kappa shape index (κ1) is 13.3. The Hall–Kier alpha value is -1.10. The Bertz CT molecular complexity index is 382. The SMILES string of the molecule is CC(N)c1cccc(OCC2CN(C)CCO2)c1. The van der Waals surface area contributed by atoms with Gasteiger partial charge in [-0.1, -0.05) is 12.1 Å². The van der Waals surface area contributed by atoms with Crippen LogP contribution in [0.4, 0.5) is 0 Å². The predicted octanol–water partition coefficient (Wildman–Crippen LogP) is 1.42. The lowest BCUT2D eigenvalue weighted by molar-refractivity contribution is -0.0403. The van der Waals surface area contributed by atoms with E-state index in [0.717, 1.165) is 31.0 Å². The molecule has 0 saturated carbocycles. The van der Waals surface area contributed by atoms with E-state index in [1.165, 1.54) is 0 Å². The molecule has 2 atom stereocenters. The van der Waals surface area contributed by atoms with E-state index in [4.69, 9.17) is 15.2 Å². The van der Waals surface area contributed by atoms with Gasteiger partial charge < -0.3 is 20.1 Å². The van der Waals surface area contributed by atoms with Gasteiger partial charge in [0.1, 0.15) is 18.5 Å². The maximum absolute atomic E-state index is 5.85. The molecule has 0 bridgehead atoms. The Kier molecular flexibility index (Phi) is 4.58. The Balaban J connectivity index is 1.87. The van der Waals surface area contributed by atoms with Crippen molar-refractivity contribution in [3.63, 3.8) is 0 Å². The summed E-state index contributed by atoms with van der Waals surface area (Å²) < 4.78 is 11.4. The minimum Gasteiger partial charge on any atom is -0.491 e. The van der Waals surface area contributed by atoms with Crippen molar-refractivity contribution in [1.82, 2.24) is 4.90 Å². The standard InChI is InChI=1S/C14H22N2O2/c1-11(15)12-4-3-5-13(8-12)18-10-14-9-16(2)6-7-17-14/h3-5,8,11,14H,6-7,9-10,15H2,1-2H3. The van der Waals surface area contributed by atoms with Crippen molar-refractivity contribution in [2.24, 2.45) is 5.73 Å². The fourth-order valence-corrected chi connectivity index (χ4v) is 2.04. The molecule has 0 aliphatic carbocycles. The molecule has 4 nitrogen and oxygen atoms in total. The summed E-state index contributed by atoms with van der Waals surface area (Å²) in [7, 11) is 2.10. The molecule has 2 rings (SSSR count). The zero-order chi connectivity index (χ0) is 13.0. The Morgan fingerprint density at radius 2 is 2.39 bits per heavy atom. The second-order valence-corrected chi connectivity index (χ2v) is 4.93. The molecule has 100 valence electrons. The summed E-state index contributed by atoms with van der Waals surface area (Å²) >= 11 is 0. The molecule has 4 heteroatoms. The molecule has 1 fully saturated rings. The highest BCUT2D eigenvalue weighted by Gasteiger charge is 2.18. The van der Waals surface area contributed by atoms with E-state index >= 15 is 0 Å². The molecular formula is C14H22N2O2. The minimum absolute atomic E-state index is 0.0330. The Morgan fingerprint density at radius 3 is 3.11 bits per heavy atom. The summed E-state index contributed by atoms with van der Waals surface area (Å²) in [6.07, 6.45) is 0.155. The maximum atomic E-state index is 5.85. The number of nitrogens with zero attached hydrogens (tertiary/aromatic N) is 1. The third-order valence-corrected chi connectivity index (χ3v) is 3.16. The first-order valence-electron chi connectivity index (χ1n) is 6.43. The second-order valence-electron chi connectivity index (χ2n) is 4.93. The van der Waals surface area contributed by atoms with Gasteiger partial charge in [0, 0.05) is 19.1 Å². The topological polar surface area (TPSA) is 47.7 Å². The largest absolute Gasteiger partial charge is 0.491 e. The van der Waals surface area contributed by atoms with Gasteiger partial charge in [-0.2, -0.15) is 0 Å². The third kappa shape index (κ3) is 3.70. The van der Waals surface area contributed by atoms with Crippen LogP contribution in [-0.2, 0) is 4.74 Å². The summed E-state index contributed by atoms with van der Waals surface area (Å²) in [5.41, 5.74) is 6.94. The van der Waals surface area contributed by atoms with Crippen molar-refractivity contribution in [2.75, 3.05) is 33.4 Å². The maximum Gasteiger partial charge on any atom is 0.119 e. The zero-order valence-corrected chi connectivity index (χ0v) is 11.1. The van der Waals surface area contributed by atoms with Crippen LogP contribution in [0.3, 0.4) is 0 Å². The van der Waals surface area contributed by atoms with Crippen LogP contribution in [0.15, 0.2) is 24.3 Å². The lowest BCUT2D eigenvalue weighted by atomic mass is 10.1. The number of hydrogen-bond donors (Lipinski definition) is 1. The highest BCUT2D eigenvalue weighted by atomic mass is 16.5. The molecular weight excluding hydrogens is 228 g/mol. The molecule has 1 aliphatic rings. The number of likely N-dealkylation sites (N-methyl/N-ethyl adjacent to an activating group) is 1. The van der Waals surface area contributed by atoms with Gasteiger partial charge in [0.15, 0.2) is 0 Å². The lowest BCUT2D eigenvalue weighted by Crippen LogP contribution is -2.42. The average Bonchev–Trinajstić information content (AvgIpc) is 2.37. The van der Waals surface area contributed by atoms with Crippen LogP contribution >= 0.6 is 0 Å². The van der Waals surface area contributed by atoms with Crippen LogP contribution in [-0.4, -0.2) is 44.4 Å². The van der Waals surface area contributed by atoms with Crippen LogP contribution in [0.25, 0.3) is 0 Å². The van der Waals surface area contributed by atoms with E-state index in [0.29, 0.717) is 6.61 Å². The average molecular weight is 250 g/mol. The van der Waals surface area contributed by atoms with Crippen molar-refractivity contribution in [3.05, 3.63) is 29.8 Å². The number of rotatable bonds is 4. The van der Waals surface area contributed by atoms with Gasteiger partial charge >= 0.3 is 0 Å². The molecule has 2 N–H and O–H groups in total. The van der Waals surface area contributed by atoms with Crippen LogP contribution in [0, 0.1) is 0 Å². The van der Waals surface area contributed by atoms with Crippen molar-refractivity contribution >= 4 is 0 Å². The van der Waals surface area contributed by atoms with Gasteiger partial charge in [0.2, 0.25) is 0 Å². The molecule has 1 aromatic rings. The monoisotopic (exact) mass is 250 g/mol. The van der Waals surface area contributed by atoms with Crippen molar-refractivity contribution in [3.8, 4) is 5.75 Å². The molecule has 18 heavy (non-hydrogen) atoms. The number of benzene rings is 1. The number of ether oxygens (including phenoxy) is 2. The van der Waals surface area contributed by atoms with E-state index < -0.39 is 0 Å². The summed E-state index contributed by atoms with van der Waals surface area (Å²) in [6, 6.07) is 7.98. The molecule has 0 spiro atoms. The number of hydrogen-bond acceptors (Lipinski definition) is 4. The summed E-state index contributed by atoms with van der Waals surface area (Å²) in [5, 5.41) is 0. The molecule has 0 amide bonds. The lowest BCUT2D eigenvalue weighted by Gasteiger charge is -2.29. The highest BCUT2D eigenvalue weighted by molar-refractivity contribution is 5.30. The smallest absolute Gasteiger partial charge is 0.119 e. The number of morpholine rings is 1. The third-order valence-electron chi connectivity index (χ3n) is 3.16. The quantitative estimate of drug-likeness (QED) is 0.878. The zero-order valence-electron chi connectivity index (χ0n) is 11.1. The second kappa shape index (κ2) is 6.18. The molecule has 0 radical (unpaired) electrons. The molecule has 1 aromatic carbocycles. The van der Waals surface area contributed by atoms with Crippen LogP contribution in [0.1, 0.15) is 18.5 Å². The Morgan fingerprint density at radius 1 is 1.56 bits per heavy atom. The van der Waals surface area contributed by atoms with E-state index in [-0.39, 0.29) is 12.1 Å². The van der Waals surface area contributed by atoms with Crippen LogP contribution in [0.5, 0.6) is 5.75 Å². The van der Waals surface area contributed by atoms with E-state index in [1.807, 2.05) is 31.2 Å². The van der Waals surface area contributed by atoms with Gasteiger partial charge in [-0.25, -0.2) is 0 Å². The molecule has 1 heterocycles. The van der Waals surface area contributed by atoms with Crippen molar-refractivity contribution in [1.29, 1.82) is 0 Å². The van der Waals surface area contributed by atoms with E-state index in [9.17, 15) is 0 Å². The van der Waals surface area contributed by atoms with Crippen molar-refractivity contribution < 1.29 is 9.47 Å². The van der Waals surface area contributed by atoms with Gasteiger partial charge in [-0.15, -0.1) is 0 Å². The summed E-state index contributed by atoms with van der Waals surface area (Å²) in [6.45, 7) is 5.26. The molecule has 1 aliphatic heterocycles. The fraction of sp³-hybridized carbons (Fsp3) is 0.571. The first-order valence-corrected chi connectivity index (χ1v) is 6.43. The molecule has 0 aromatic heterocycles. The normalized spacial score (nSPS) is 22.7. The van der Waals surface area contributed by atoms with Crippen LogP contribution in [0.2, 0.25) is 0 Å². The van der Waals surface area contributed by atoms with Gasteiger partial charge in [-0.3, -0.25) is 0 Å². The summed E-state index contributed by atoms with van der Waals surface area (Å²) in [4.78, 5) is 2.26. The van der Waals surface area contributed by atoms with Gasteiger partial charge in [0.25, 0.3) is 0 Å². The Labute approximate surface area is 109 Å². The van der Waals surface area contributed by atoms with E-state index in [1.54, 1.807) is 0 Å². The number of nitrogens with two attached hydrogens (primary N) is 1. The van der Waals surface area contributed by atoms with Gasteiger partial charge in [-0.05, 0) is 31.7 Å². The minimum atomic E-state index is 0.0330. The highest BCUT2D eigenvalue weighted by Crippen LogP contribution is 2.18. The fourth-order valence-electron chi connectivity index (χ4n) is 2.04.